The second-order valence-corrected chi connectivity index (χ2v) is 7.88. The average molecular weight is 362 g/mol. The largest absolute Gasteiger partial charge is 0.459 e. The normalized spacial score (nSPS) is 14.8. The zero-order chi connectivity index (χ0) is 18.0. The molecule has 3 rings (SSSR count). The maximum atomic E-state index is 12.6. The molecule has 0 saturated carbocycles. The minimum Gasteiger partial charge on any atom is -0.459 e. The third-order valence-electron chi connectivity index (χ3n) is 3.99. The van der Waals surface area contributed by atoms with Crippen molar-refractivity contribution >= 4 is 21.7 Å². The van der Waals surface area contributed by atoms with Crippen LogP contribution in [0.15, 0.2) is 52.0 Å². The Hall–Kier alpha value is -2.61. The molecule has 2 heterocycles. The molecule has 2 aromatic rings. The monoisotopic (exact) mass is 362 g/mol. The molecule has 132 valence electrons. The fourth-order valence-electron chi connectivity index (χ4n) is 2.73. The number of carbonyl (C=O) groups is 2. The first-order valence-corrected chi connectivity index (χ1v) is 9.70. The van der Waals surface area contributed by atoms with Gasteiger partial charge in [0, 0.05) is 19.3 Å². The molecule has 0 unspecified atom stereocenters. The molecule has 0 atom stereocenters. The highest BCUT2D eigenvalue weighted by Crippen LogP contribution is 2.18. The number of rotatable bonds is 4. The minimum atomic E-state index is -3.27. The Balaban J connectivity index is 1.71. The molecule has 1 aromatic carbocycles. The number of benzene rings is 1. The van der Waals surface area contributed by atoms with Crippen LogP contribution in [0, 0.1) is 0 Å². The standard InChI is InChI=1S/C17H18N2O5S/c1-25(22,23)14-7-5-13(6-8-14)12-16(20)18-9-3-10-19(18)17(21)15-4-2-11-24-15/h2,4-8,11H,3,9-10,12H2,1H3. The Bertz CT molecular complexity index is 872. The molecule has 2 amide bonds. The van der Waals surface area contributed by atoms with E-state index in [1.54, 1.807) is 24.3 Å². The van der Waals surface area contributed by atoms with Gasteiger partial charge in [-0.3, -0.25) is 14.6 Å². The second-order valence-electron chi connectivity index (χ2n) is 5.87. The van der Waals surface area contributed by atoms with Gasteiger partial charge in [0.05, 0.1) is 17.6 Å². The third-order valence-corrected chi connectivity index (χ3v) is 5.12. The van der Waals surface area contributed by atoms with Gasteiger partial charge in [0.2, 0.25) is 5.91 Å². The lowest BCUT2D eigenvalue weighted by Gasteiger charge is -2.27. The number of carbonyl (C=O) groups excluding carboxylic acids is 2. The van der Waals surface area contributed by atoms with E-state index in [1.807, 2.05) is 0 Å². The summed E-state index contributed by atoms with van der Waals surface area (Å²) in [6.45, 7) is 0.922. The molecule has 1 aliphatic heterocycles. The van der Waals surface area contributed by atoms with Crippen LogP contribution < -0.4 is 0 Å². The van der Waals surface area contributed by atoms with Crippen molar-refractivity contribution in [3.63, 3.8) is 0 Å². The first-order valence-electron chi connectivity index (χ1n) is 7.81. The maximum absolute atomic E-state index is 12.6. The lowest BCUT2D eigenvalue weighted by atomic mass is 10.1. The van der Waals surface area contributed by atoms with Crippen molar-refractivity contribution in [2.24, 2.45) is 0 Å². The van der Waals surface area contributed by atoms with E-state index >= 15 is 0 Å². The summed E-state index contributed by atoms with van der Waals surface area (Å²) >= 11 is 0. The molecule has 0 bridgehead atoms. The lowest BCUT2D eigenvalue weighted by molar-refractivity contribution is -0.139. The van der Waals surface area contributed by atoms with Crippen LogP contribution in [0.4, 0.5) is 0 Å². The van der Waals surface area contributed by atoms with E-state index in [2.05, 4.69) is 0 Å². The highest BCUT2D eigenvalue weighted by Gasteiger charge is 2.32. The van der Waals surface area contributed by atoms with Crippen LogP contribution >= 0.6 is 0 Å². The maximum Gasteiger partial charge on any atom is 0.308 e. The van der Waals surface area contributed by atoms with Gasteiger partial charge in [-0.25, -0.2) is 13.4 Å². The van der Waals surface area contributed by atoms with Crippen LogP contribution in [0.3, 0.4) is 0 Å². The summed E-state index contributed by atoms with van der Waals surface area (Å²) in [7, 11) is -3.27. The van der Waals surface area contributed by atoms with Crippen LogP contribution in [-0.4, -0.2) is 49.6 Å². The van der Waals surface area contributed by atoms with Crippen LogP contribution in [0.25, 0.3) is 0 Å². The van der Waals surface area contributed by atoms with Crippen molar-refractivity contribution in [2.75, 3.05) is 19.3 Å². The number of hydrogen-bond acceptors (Lipinski definition) is 5. The van der Waals surface area contributed by atoms with Crippen molar-refractivity contribution < 1.29 is 22.4 Å². The molecule has 1 saturated heterocycles. The van der Waals surface area contributed by atoms with Crippen molar-refractivity contribution in [3.05, 3.63) is 54.0 Å². The number of hydrazine groups is 1. The van der Waals surface area contributed by atoms with Gasteiger partial charge in [-0.05, 0) is 36.2 Å². The molecule has 25 heavy (non-hydrogen) atoms. The zero-order valence-electron chi connectivity index (χ0n) is 13.7. The molecular formula is C17H18N2O5S. The van der Waals surface area contributed by atoms with Crippen molar-refractivity contribution in [1.82, 2.24) is 10.0 Å². The number of furan rings is 1. The van der Waals surface area contributed by atoms with Crippen LogP contribution in [0.1, 0.15) is 22.5 Å². The SMILES string of the molecule is CS(=O)(=O)c1ccc(CC(=O)N2CCCN2C(=O)c2ccco2)cc1. The predicted octanol–water partition coefficient (Wildman–Crippen LogP) is 1.52. The van der Waals surface area contributed by atoms with Crippen molar-refractivity contribution in [1.29, 1.82) is 0 Å². The quantitative estimate of drug-likeness (QED) is 0.823. The predicted molar refractivity (Wildman–Crippen MR) is 89.3 cm³/mol. The van der Waals surface area contributed by atoms with E-state index < -0.39 is 9.84 Å². The van der Waals surface area contributed by atoms with E-state index in [-0.39, 0.29) is 28.9 Å². The fourth-order valence-corrected chi connectivity index (χ4v) is 3.36. The molecule has 8 heteroatoms. The topological polar surface area (TPSA) is 87.9 Å². The summed E-state index contributed by atoms with van der Waals surface area (Å²) in [5.74, 6) is -0.370. The molecule has 0 radical (unpaired) electrons. The summed E-state index contributed by atoms with van der Waals surface area (Å²) in [6, 6.07) is 9.37. The second kappa shape index (κ2) is 6.72. The Labute approximate surface area is 145 Å². The summed E-state index contributed by atoms with van der Waals surface area (Å²) in [6.07, 6.45) is 3.34. The molecule has 0 aliphatic carbocycles. The molecule has 1 aromatic heterocycles. The van der Waals surface area contributed by atoms with E-state index in [4.69, 9.17) is 4.42 Å². The zero-order valence-corrected chi connectivity index (χ0v) is 14.5. The molecule has 0 spiro atoms. The highest BCUT2D eigenvalue weighted by atomic mass is 32.2. The first-order chi connectivity index (χ1) is 11.9. The van der Waals surface area contributed by atoms with Gasteiger partial charge >= 0.3 is 5.91 Å². The fraction of sp³-hybridized carbons (Fsp3) is 0.294. The number of sulfone groups is 1. The summed E-state index contributed by atoms with van der Waals surface area (Å²) in [4.78, 5) is 25.2. The summed E-state index contributed by atoms with van der Waals surface area (Å²) in [5, 5.41) is 2.82. The smallest absolute Gasteiger partial charge is 0.308 e. The lowest BCUT2D eigenvalue weighted by Crippen LogP contribution is -2.45. The van der Waals surface area contributed by atoms with E-state index in [0.717, 1.165) is 6.26 Å². The van der Waals surface area contributed by atoms with Crippen LogP contribution in [-0.2, 0) is 21.1 Å². The molecular weight excluding hydrogens is 344 g/mol. The van der Waals surface area contributed by atoms with Crippen LogP contribution in [0.2, 0.25) is 0 Å². The Kier molecular flexibility index (Phi) is 4.63. The van der Waals surface area contributed by atoms with Crippen LogP contribution in [0.5, 0.6) is 0 Å². The minimum absolute atomic E-state index is 0.0893. The van der Waals surface area contributed by atoms with Gasteiger partial charge in [-0.1, -0.05) is 12.1 Å². The average Bonchev–Trinajstić information content (AvgIpc) is 3.25. The van der Waals surface area contributed by atoms with E-state index in [0.29, 0.717) is 25.1 Å². The van der Waals surface area contributed by atoms with Gasteiger partial charge in [0.1, 0.15) is 0 Å². The van der Waals surface area contributed by atoms with Gasteiger partial charge in [-0.2, -0.15) is 0 Å². The van der Waals surface area contributed by atoms with Gasteiger partial charge in [0.25, 0.3) is 0 Å². The molecule has 1 aliphatic rings. The first kappa shape index (κ1) is 17.2. The third kappa shape index (κ3) is 3.74. The molecule has 1 fully saturated rings. The Morgan fingerprint density at radius 1 is 1.08 bits per heavy atom. The van der Waals surface area contributed by atoms with Gasteiger partial charge in [0.15, 0.2) is 15.6 Å². The van der Waals surface area contributed by atoms with Gasteiger partial charge in [-0.15, -0.1) is 0 Å². The van der Waals surface area contributed by atoms with E-state index in [9.17, 15) is 18.0 Å². The number of amides is 2. The van der Waals surface area contributed by atoms with Crippen molar-refractivity contribution in [3.8, 4) is 0 Å². The Morgan fingerprint density at radius 3 is 2.36 bits per heavy atom. The molecule has 7 nitrogen and oxygen atoms in total. The number of hydrogen-bond donors (Lipinski definition) is 0. The van der Waals surface area contributed by atoms with Gasteiger partial charge < -0.3 is 4.42 Å². The summed E-state index contributed by atoms with van der Waals surface area (Å²) < 4.78 is 28.1. The van der Waals surface area contributed by atoms with Crippen molar-refractivity contribution in [2.45, 2.75) is 17.7 Å². The van der Waals surface area contributed by atoms with E-state index in [1.165, 1.54) is 28.4 Å². The molecule has 0 N–H and O–H groups in total. The Morgan fingerprint density at radius 2 is 1.76 bits per heavy atom. The number of nitrogens with zero attached hydrogens (tertiary/aromatic N) is 2. The summed E-state index contributed by atoms with van der Waals surface area (Å²) in [5.41, 5.74) is 0.690. The highest BCUT2D eigenvalue weighted by molar-refractivity contribution is 7.90.